The molecule has 0 aliphatic heterocycles. The van der Waals surface area contributed by atoms with Crippen molar-refractivity contribution < 1.29 is 19.0 Å². The summed E-state index contributed by atoms with van der Waals surface area (Å²) in [5.74, 6) is 2.83. The normalized spacial score (nSPS) is 10.5. The molecule has 1 amide bonds. The Morgan fingerprint density at radius 3 is 2.52 bits per heavy atom. The third-order valence-corrected chi connectivity index (χ3v) is 4.28. The van der Waals surface area contributed by atoms with E-state index < -0.39 is 0 Å². The van der Waals surface area contributed by atoms with Crippen LogP contribution in [-0.2, 0) is 11.3 Å². The van der Waals surface area contributed by atoms with Crippen LogP contribution >= 0.6 is 24.0 Å². The zero-order valence-corrected chi connectivity index (χ0v) is 20.9. The van der Waals surface area contributed by atoms with E-state index >= 15 is 0 Å². The number of benzene rings is 2. The summed E-state index contributed by atoms with van der Waals surface area (Å²) in [6, 6.07) is 13.0. The van der Waals surface area contributed by atoms with Crippen LogP contribution in [0, 0.1) is 0 Å². The first-order valence-electron chi connectivity index (χ1n) is 9.60. The van der Waals surface area contributed by atoms with Crippen molar-refractivity contribution in [1.29, 1.82) is 0 Å². The topological polar surface area (TPSA) is 84.4 Å². The van der Waals surface area contributed by atoms with Crippen molar-refractivity contribution in [3.05, 3.63) is 48.0 Å². The number of rotatable bonds is 9. The van der Waals surface area contributed by atoms with Crippen LogP contribution < -0.4 is 24.8 Å². The number of nitrogens with zero attached hydrogens (tertiary/aromatic N) is 2. The average Bonchev–Trinajstić information content (AvgIpc) is 2.73. The number of hydrogen-bond acceptors (Lipinski definition) is 5. The molecule has 0 fully saturated rings. The highest BCUT2D eigenvalue weighted by Gasteiger charge is 2.11. The number of carbonyl (C=O) groups is 1. The second kappa shape index (κ2) is 13.6. The molecule has 2 aromatic carbocycles. The van der Waals surface area contributed by atoms with Gasteiger partial charge >= 0.3 is 0 Å². The number of nitrogens with one attached hydrogen (secondary N) is 2. The van der Waals surface area contributed by atoms with Gasteiger partial charge in [0.2, 0.25) is 5.91 Å². The molecule has 0 aliphatic carbocycles. The Morgan fingerprint density at radius 1 is 1.10 bits per heavy atom. The summed E-state index contributed by atoms with van der Waals surface area (Å²) in [5, 5.41) is 6.02. The molecule has 0 bridgehead atoms. The highest BCUT2D eigenvalue weighted by molar-refractivity contribution is 14.0. The highest BCUT2D eigenvalue weighted by Crippen LogP contribution is 2.25. The summed E-state index contributed by atoms with van der Waals surface area (Å²) in [4.78, 5) is 17.5. The zero-order valence-electron chi connectivity index (χ0n) is 18.6. The predicted molar refractivity (Wildman–Crippen MR) is 134 cm³/mol. The Hall–Kier alpha value is -2.69. The summed E-state index contributed by atoms with van der Waals surface area (Å²) < 4.78 is 16.5. The predicted octanol–water partition coefficient (Wildman–Crippen LogP) is 3.37. The van der Waals surface area contributed by atoms with Gasteiger partial charge in [0.05, 0.1) is 20.8 Å². The SMILES string of the molecule is CN=C(NCCOc1cccc(NC(C)=O)c1)N(C)Cc1ccc(OC)cc1OC.I. The number of guanidine groups is 1. The van der Waals surface area contributed by atoms with Gasteiger partial charge in [-0.05, 0) is 24.3 Å². The van der Waals surface area contributed by atoms with Crippen molar-refractivity contribution >= 4 is 41.5 Å². The molecule has 0 atom stereocenters. The second-order valence-corrected chi connectivity index (χ2v) is 6.57. The number of aliphatic imine (C=N–C) groups is 1. The van der Waals surface area contributed by atoms with Crippen molar-refractivity contribution in [3.8, 4) is 17.2 Å². The van der Waals surface area contributed by atoms with Crippen LogP contribution in [0.15, 0.2) is 47.5 Å². The fourth-order valence-electron chi connectivity index (χ4n) is 2.90. The quantitative estimate of drug-likeness (QED) is 0.219. The van der Waals surface area contributed by atoms with E-state index in [2.05, 4.69) is 15.6 Å². The Balaban J connectivity index is 0.00000480. The molecule has 0 unspecified atom stereocenters. The van der Waals surface area contributed by atoms with Crippen LogP contribution in [0.3, 0.4) is 0 Å². The lowest BCUT2D eigenvalue weighted by molar-refractivity contribution is -0.114. The molecule has 31 heavy (non-hydrogen) atoms. The third-order valence-electron chi connectivity index (χ3n) is 4.28. The van der Waals surface area contributed by atoms with Gasteiger partial charge in [0.1, 0.15) is 23.9 Å². The maximum Gasteiger partial charge on any atom is 0.221 e. The molecule has 2 rings (SSSR count). The van der Waals surface area contributed by atoms with Crippen LogP contribution in [0.2, 0.25) is 0 Å². The molecule has 2 aromatic rings. The van der Waals surface area contributed by atoms with Crippen LogP contribution in [-0.4, -0.2) is 58.2 Å². The van der Waals surface area contributed by atoms with Gasteiger partial charge in [-0.1, -0.05) is 6.07 Å². The standard InChI is InChI=1S/C22H30N4O4.HI/c1-16(27)25-18-7-6-8-20(13-18)30-12-11-24-22(23-2)26(3)15-17-9-10-19(28-4)14-21(17)29-5;/h6-10,13-14H,11-12,15H2,1-5H3,(H,23,24)(H,25,27);1H. The van der Waals surface area contributed by atoms with E-state index in [1.807, 2.05) is 48.3 Å². The summed E-state index contributed by atoms with van der Waals surface area (Å²) in [5.41, 5.74) is 1.73. The molecule has 0 heterocycles. The Morgan fingerprint density at radius 2 is 1.87 bits per heavy atom. The summed E-state index contributed by atoms with van der Waals surface area (Å²) in [6.45, 7) is 3.11. The highest BCUT2D eigenvalue weighted by atomic mass is 127. The Kier molecular flexibility index (Phi) is 11.5. The summed E-state index contributed by atoms with van der Waals surface area (Å²) in [7, 11) is 6.96. The monoisotopic (exact) mass is 542 g/mol. The molecule has 8 nitrogen and oxygen atoms in total. The number of carbonyl (C=O) groups excluding carboxylic acids is 1. The smallest absolute Gasteiger partial charge is 0.221 e. The van der Waals surface area contributed by atoms with Crippen molar-refractivity contribution in [3.63, 3.8) is 0 Å². The number of amides is 1. The molecule has 9 heteroatoms. The zero-order chi connectivity index (χ0) is 21.9. The maximum atomic E-state index is 11.2. The van der Waals surface area contributed by atoms with Gasteiger partial charge in [-0.3, -0.25) is 9.79 Å². The van der Waals surface area contributed by atoms with Gasteiger partial charge in [0.15, 0.2) is 5.96 Å². The number of hydrogen-bond donors (Lipinski definition) is 2. The molecule has 0 spiro atoms. The molecule has 0 radical (unpaired) electrons. The molecule has 0 aromatic heterocycles. The Bertz CT molecular complexity index is 876. The first-order valence-corrected chi connectivity index (χ1v) is 9.60. The van der Waals surface area contributed by atoms with E-state index in [-0.39, 0.29) is 29.9 Å². The number of ether oxygens (including phenoxy) is 3. The second-order valence-electron chi connectivity index (χ2n) is 6.57. The van der Waals surface area contributed by atoms with Crippen LogP contribution in [0.4, 0.5) is 5.69 Å². The average molecular weight is 542 g/mol. The molecular weight excluding hydrogens is 511 g/mol. The molecule has 2 N–H and O–H groups in total. The number of halogens is 1. The van der Waals surface area contributed by atoms with Gasteiger partial charge in [-0.2, -0.15) is 0 Å². The minimum absolute atomic E-state index is 0. The molecule has 0 saturated heterocycles. The third kappa shape index (κ3) is 8.52. The van der Waals surface area contributed by atoms with Gasteiger partial charge in [-0.15, -0.1) is 24.0 Å². The fraction of sp³-hybridized carbons (Fsp3) is 0.364. The van der Waals surface area contributed by atoms with Crippen molar-refractivity contribution in [2.75, 3.05) is 46.8 Å². The lowest BCUT2D eigenvalue weighted by Gasteiger charge is -2.23. The largest absolute Gasteiger partial charge is 0.497 e. The van der Waals surface area contributed by atoms with Crippen LogP contribution in [0.5, 0.6) is 17.2 Å². The maximum absolute atomic E-state index is 11.2. The van der Waals surface area contributed by atoms with Crippen molar-refractivity contribution in [1.82, 2.24) is 10.2 Å². The molecular formula is C22H31IN4O4. The lowest BCUT2D eigenvalue weighted by atomic mass is 10.2. The summed E-state index contributed by atoms with van der Waals surface area (Å²) >= 11 is 0. The molecule has 0 aliphatic rings. The van der Waals surface area contributed by atoms with E-state index in [1.165, 1.54) is 6.92 Å². The number of methoxy groups -OCH3 is 2. The Labute approximate surface area is 201 Å². The fourth-order valence-corrected chi connectivity index (χ4v) is 2.90. The van der Waals surface area contributed by atoms with Gasteiger partial charge in [-0.25, -0.2) is 0 Å². The van der Waals surface area contributed by atoms with E-state index in [1.54, 1.807) is 27.3 Å². The molecule has 170 valence electrons. The van der Waals surface area contributed by atoms with Gasteiger partial charge in [0, 0.05) is 50.9 Å². The first-order chi connectivity index (χ1) is 14.5. The van der Waals surface area contributed by atoms with Gasteiger partial charge < -0.3 is 29.7 Å². The van der Waals surface area contributed by atoms with E-state index in [4.69, 9.17) is 14.2 Å². The van der Waals surface area contributed by atoms with Crippen molar-refractivity contribution in [2.45, 2.75) is 13.5 Å². The van der Waals surface area contributed by atoms with Gasteiger partial charge in [0.25, 0.3) is 0 Å². The van der Waals surface area contributed by atoms with E-state index in [0.717, 1.165) is 23.0 Å². The molecule has 0 saturated carbocycles. The summed E-state index contributed by atoms with van der Waals surface area (Å²) in [6.07, 6.45) is 0. The minimum Gasteiger partial charge on any atom is -0.497 e. The minimum atomic E-state index is -0.117. The van der Waals surface area contributed by atoms with Crippen LogP contribution in [0.1, 0.15) is 12.5 Å². The van der Waals surface area contributed by atoms with Crippen molar-refractivity contribution in [2.24, 2.45) is 4.99 Å². The van der Waals surface area contributed by atoms with E-state index in [0.29, 0.717) is 31.1 Å². The van der Waals surface area contributed by atoms with Crippen LogP contribution in [0.25, 0.3) is 0 Å². The number of anilines is 1. The van der Waals surface area contributed by atoms with E-state index in [9.17, 15) is 4.79 Å². The first kappa shape index (κ1) is 26.3. The lowest BCUT2D eigenvalue weighted by Crippen LogP contribution is -2.40.